The lowest BCUT2D eigenvalue weighted by molar-refractivity contribution is 0.490. The van der Waals surface area contributed by atoms with Crippen LogP contribution in [-0.4, -0.2) is 9.97 Å². The van der Waals surface area contributed by atoms with Gasteiger partial charge in [0, 0.05) is 12.0 Å². The Morgan fingerprint density at radius 2 is 2.28 bits per heavy atom. The maximum absolute atomic E-state index is 5.37. The van der Waals surface area contributed by atoms with Crippen molar-refractivity contribution in [2.75, 3.05) is 5.32 Å². The van der Waals surface area contributed by atoms with Crippen LogP contribution in [0.15, 0.2) is 33.5 Å². The van der Waals surface area contributed by atoms with Gasteiger partial charge in [0.05, 0.1) is 12.3 Å². The average Bonchev–Trinajstić information content (AvgIpc) is 3.03. The van der Waals surface area contributed by atoms with Gasteiger partial charge in [0.15, 0.2) is 0 Å². The Balaban J connectivity index is 1.79. The van der Waals surface area contributed by atoms with Crippen LogP contribution >= 0.6 is 15.9 Å². The van der Waals surface area contributed by atoms with Crippen molar-refractivity contribution in [1.29, 1.82) is 0 Å². The van der Waals surface area contributed by atoms with Crippen molar-refractivity contribution < 1.29 is 4.42 Å². The Kier molecular flexibility index (Phi) is 3.07. The smallest absolute Gasteiger partial charge is 0.135 e. The third kappa shape index (κ3) is 2.56. The minimum Gasteiger partial charge on any atom is -0.467 e. The van der Waals surface area contributed by atoms with Gasteiger partial charge in [-0.25, -0.2) is 9.97 Å². The van der Waals surface area contributed by atoms with Crippen LogP contribution in [0.2, 0.25) is 0 Å². The molecule has 1 saturated carbocycles. The predicted octanol–water partition coefficient (Wildman–Crippen LogP) is 3.88. The normalized spacial score (nSPS) is 16.6. The van der Waals surface area contributed by atoms with Gasteiger partial charge in [0.2, 0.25) is 0 Å². The van der Waals surface area contributed by atoms with Crippen LogP contribution in [0.4, 0.5) is 5.82 Å². The van der Waals surface area contributed by atoms with E-state index in [2.05, 4.69) is 31.2 Å². The zero-order chi connectivity index (χ0) is 12.5. The van der Waals surface area contributed by atoms with Crippen LogP contribution in [0.1, 0.15) is 43.3 Å². The summed E-state index contributed by atoms with van der Waals surface area (Å²) in [6, 6.07) is 5.83. The molecule has 1 aliphatic rings. The number of nitrogens with zero attached hydrogens (tertiary/aromatic N) is 2. The van der Waals surface area contributed by atoms with Crippen LogP contribution in [0.5, 0.6) is 0 Å². The Bertz CT molecular complexity index is 537. The second-order valence-electron chi connectivity index (χ2n) is 4.59. The van der Waals surface area contributed by atoms with Gasteiger partial charge in [-0.15, -0.1) is 0 Å². The van der Waals surface area contributed by atoms with Crippen molar-refractivity contribution in [2.24, 2.45) is 0 Å². The number of aromatic nitrogens is 2. The molecule has 3 rings (SSSR count). The first-order chi connectivity index (χ1) is 8.72. The van der Waals surface area contributed by atoms with Crippen molar-refractivity contribution in [3.05, 3.63) is 40.7 Å². The predicted molar refractivity (Wildman–Crippen MR) is 72.5 cm³/mol. The Hall–Kier alpha value is -1.36. The zero-order valence-electron chi connectivity index (χ0n) is 10.1. The molecular weight excluding hydrogens is 294 g/mol. The molecule has 18 heavy (non-hydrogen) atoms. The summed E-state index contributed by atoms with van der Waals surface area (Å²) < 4.78 is 6.20. The Morgan fingerprint density at radius 1 is 1.44 bits per heavy atom. The second-order valence-corrected chi connectivity index (χ2v) is 5.40. The first-order valence-corrected chi connectivity index (χ1v) is 6.86. The summed E-state index contributed by atoms with van der Waals surface area (Å²) in [7, 11) is 0. The van der Waals surface area contributed by atoms with E-state index in [0.717, 1.165) is 22.0 Å². The minimum atomic E-state index is 0.0915. The molecule has 0 aromatic carbocycles. The third-order valence-corrected chi connectivity index (χ3v) is 3.40. The monoisotopic (exact) mass is 307 g/mol. The summed E-state index contributed by atoms with van der Waals surface area (Å²) in [6.07, 6.45) is 4.08. The molecule has 1 N–H and O–H groups in total. The SMILES string of the molecule is CC(Nc1cc(Br)nc(C2CC2)n1)c1ccco1. The van der Waals surface area contributed by atoms with Crippen LogP contribution in [0.3, 0.4) is 0 Å². The number of hydrogen-bond donors (Lipinski definition) is 1. The molecule has 2 heterocycles. The molecule has 0 amide bonds. The van der Waals surface area contributed by atoms with E-state index < -0.39 is 0 Å². The van der Waals surface area contributed by atoms with Gasteiger partial charge >= 0.3 is 0 Å². The van der Waals surface area contributed by atoms with Gasteiger partial charge in [-0.05, 0) is 47.8 Å². The number of rotatable bonds is 4. The van der Waals surface area contributed by atoms with Crippen LogP contribution in [-0.2, 0) is 0 Å². The summed E-state index contributed by atoms with van der Waals surface area (Å²) in [6.45, 7) is 2.05. The van der Waals surface area contributed by atoms with Crippen LogP contribution in [0.25, 0.3) is 0 Å². The van der Waals surface area contributed by atoms with E-state index in [1.165, 1.54) is 12.8 Å². The average molecular weight is 308 g/mol. The first kappa shape index (κ1) is 11.7. The van der Waals surface area contributed by atoms with E-state index in [4.69, 9.17) is 4.42 Å². The van der Waals surface area contributed by atoms with Crippen LogP contribution < -0.4 is 5.32 Å². The highest BCUT2D eigenvalue weighted by molar-refractivity contribution is 9.10. The zero-order valence-corrected chi connectivity index (χ0v) is 11.6. The van der Waals surface area contributed by atoms with Crippen LogP contribution in [0, 0.1) is 0 Å². The minimum absolute atomic E-state index is 0.0915. The largest absolute Gasteiger partial charge is 0.467 e. The molecular formula is C13H14BrN3O. The first-order valence-electron chi connectivity index (χ1n) is 6.07. The highest BCUT2D eigenvalue weighted by Crippen LogP contribution is 2.39. The molecule has 4 nitrogen and oxygen atoms in total. The molecule has 0 radical (unpaired) electrons. The fourth-order valence-electron chi connectivity index (χ4n) is 1.86. The molecule has 5 heteroatoms. The molecule has 1 aliphatic carbocycles. The van der Waals surface area contributed by atoms with E-state index in [0.29, 0.717) is 5.92 Å². The molecule has 2 aromatic rings. The number of halogens is 1. The number of nitrogens with one attached hydrogen (secondary N) is 1. The van der Waals surface area contributed by atoms with Gasteiger partial charge < -0.3 is 9.73 Å². The topological polar surface area (TPSA) is 51.0 Å². The fraction of sp³-hybridized carbons (Fsp3) is 0.385. The van der Waals surface area contributed by atoms with E-state index in [9.17, 15) is 0 Å². The number of hydrogen-bond acceptors (Lipinski definition) is 4. The molecule has 1 fully saturated rings. The van der Waals surface area contributed by atoms with E-state index >= 15 is 0 Å². The molecule has 0 saturated heterocycles. The molecule has 0 spiro atoms. The molecule has 1 atom stereocenters. The van der Waals surface area contributed by atoms with E-state index in [-0.39, 0.29) is 6.04 Å². The summed E-state index contributed by atoms with van der Waals surface area (Å²) in [4.78, 5) is 8.96. The lowest BCUT2D eigenvalue weighted by Gasteiger charge is -2.13. The van der Waals surface area contributed by atoms with Gasteiger partial charge in [-0.1, -0.05) is 0 Å². The quantitative estimate of drug-likeness (QED) is 0.871. The van der Waals surface area contributed by atoms with Crippen molar-refractivity contribution in [1.82, 2.24) is 9.97 Å². The molecule has 0 aliphatic heterocycles. The number of anilines is 1. The Labute approximate surface area is 114 Å². The molecule has 1 unspecified atom stereocenters. The van der Waals surface area contributed by atoms with Crippen molar-refractivity contribution in [2.45, 2.75) is 31.7 Å². The van der Waals surface area contributed by atoms with Gasteiger partial charge in [0.1, 0.15) is 22.0 Å². The number of furan rings is 1. The molecule has 0 bridgehead atoms. The third-order valence-electron chi connectivity index (χ3n) is 2.99. The fourth-order valence-corrected chi connectivity index (χ4v) is 2.26. The second kappa shape index (κ2) is 4.72. The lowest BCUT2D eigenvalue weighted by atomic mass is 10.2. The summed E-state index contributed by atoms with van der Waals surface area (Å²) in [5, 5.41) is 3.33. The van der Waals surface area contributed by atoms with E-state index in [1.807, 2.05) is 25.1 Å². The Morgan fingerprint density at radius 3 is 2.94 bits per heavy atom. The maximum Gasteiger partial charge on any atom is 0.135 e. The van der Waals surface area contributed by atoms with Crippen molar-refractivity contribution in [3.63, 3.8) is 0 Å². The van der Waals surface area contributed by atoms with Gasteiger partial charge in [0.25, 0.3) is 0 Å². The molecule has 94 valence electrons. The van der Waals surface area contributed by atoms with Crippen molar-refractivity contribution in [3.8, 4) is 0 Å². The maximum atomic E-state index is 5.37. The lowest BCUT2D eigenvalue weighted by Crippen LogP contribution is -2.08. The van der Waals surface area contributed by atoms with Gasteiger partial charge in [-0.2, -0.15) is 0 Å². The summed E-state index contributed by atoms with van der Waals surface area (Å²) in [5.74, 6) is 3.21. The summed E-state index contributed by atoms with van der Waals surface area (Å²) >= 11 is 3.43. The highest BCUT2D eigenvalue weighted by atomic mass is 79.9. The molecule has 2 aromatic heterocycles. The highest BCUT2D eigenvalue weighted by Gasteiger charge is 2.27. The van der Waals surface area contributed by atoms with E-state index in [1.54, 1.807) is 6.26 Å². The summed E-state index contributed by atoms with van der Waals surface area (Å²) in [5.41, 5.74) is 0. The van der Waals surface area contributed by atoms with Crippen molar-refractivity contribution >= 4 is 21.7 Å². The van der Waals surface area contributed by atoms with Gasteiger partial charge in [-0.3, -0.25) is 0 Å². The standard InChI is InChI=1S/C13H14BrN3O/c1-8(10-3-2-6-18-10)15-12-7-11(14)16-13(17-12)9-4-5-9/h2-3,6-9H,4-5H2,1H3,(H,15,16,17).